The van der Waals surface area contributed by atoms with Crippen molar-refractivity contribution in [2.75, 3.05) is 18.5 Å². The van der Waals surface area contributed by atoms with Crippen LogP contribution in [0.4, 0.5) is 5.95 Å². The fraction of sp³-hybridized carbons (Fsp3) is 0.158. The molecular formula is C19H17N5S2. The molecule has 0 N–H and O–H groups in total. The second kappa shape index (κ2) is 7.72. The van der Waals surface area contributed by atoms with Crippen molar-refractivity contribution in [3.8, 4) is 21.1 Å². The Kier molecular flexibility index (Phi) is 4.99. The van der Waals surface area contributed by atoms with Crippen LogP contribution in [0.15, 0.2) is 59.4 Å². The highest BCUT2D eigenvalue weighted by Crippen LogP contribution is 2.34. The minimum Gasteiger partial charge on any atom is -0.342 e. The fourth-order valence-corrected chi connectivity index (χ4v) is 4.00. The van der Waals surface area contributed by atoms with Gasteiger partial charge in [0.05, 0.1) is 9.75 Å². The molecule has 0 amide bonds. The monoisotopic (exact) mass is 379 g/mol. The third kappa shape index (κ3) is 3.63. The lowest BCUT2D eigenvalue weighted by Crippen LogP contribution is -2.23. The number of anilines is 1. The normalized spacial score (nSPS) is 10.8. The zero-order chi connectivity index (χ0) is 17.8. The van der Waals surface area contributed by atoms with Gasteiger partial charge in [0, 0.05) is 31.9 Å². The van der Waals surface area contributed by atoms with Crippen molar-refractivity contribution in [2.45, 2.75) is 6.42 Å². The molecule has 0 aromatic carbocycles. The third-order valence-corrected chi connectivity index (χ3v) is 5.71. The van der Waals surface area contributed by atoms with Crippen LogP contribution in [0.2, 0.25) is 0 Å². The van der Waals surface area contributed by atoms with Crippen LogP contribution in [-0.2, 0) is 6.42 Å². The van der Waals surface area contributed by atoms with Crippen molar-refractivity contribution in [2.24, 2.45) is 0 Å². The van der Waals surface area contributed by atoms with Gasteiger partial charge in [-0.15, -0.1) is 32.9 Å². The van der Waals surface area contributed by atoms with Crippen molar-refractivity contribution in [3.63, 3.8) is 0 Å². The molecule has 0 aliphatic carbocycles. The van der Waals surface area contributed by atoms with E-state index in [2.05, 4.69) is 32.7 Å². The average Bonchev–Trinajstić information content (AvgIpc) is 3.40. The lowest BCUT2D eigenvalue weighted by atomic mass is 10.2. The number of pyridine rings is 1. The highest BCUT2D eigenvalue weighted by atomic mass is 32.1. The molecule has 4 rings (SSSR count). The summed E-state index contributed by atoms with van der Waals surface area (Å²) in [5.74, 6) is 0.629. The summed E-state index contributed by atoms with van der Waals surface area (Å²) in [7, 11) is 1.99. The molecule has 4 aromatic heterocycles. The van der Waals surface area contributed by atoms with Crippen LogP contribution in [-0.4, -0.2) is 33.8 Å². The Labute approximate surface area is 160 Å². The molecule has 0 unspecified atom stereocenters. The number of nitrogens with zero attached hydrogens (tertiary/aromatic N) is 5. The van der Waals surface area contributed by atoms with E-state index in [1.54, 1.807) is 22.7 Å². The van der Waals surface area contributed by atoms with Crippen LogP contribution in [0.3, 0.4) is 0 Å². The summed E-state index contributed by atoms with van der Waals surface area (Å²) in [4.78, 5) is 13.4. The van der Waals surface area contributed by atoms with Crippen molar-refractivity contribution >= 4 is 28.6 Å². The lowest BCUT2D eigenvalue weighted by molar-refractivity contribution is 0.802. The third-order valence-electron chi connectivity index (χ3n) is 3.96. The first-order valence-corrected chi connectivity index (χ1v) is 10.0. The largest absolute Gasteiger partial charge is 0.342 e. The first-order chi connectivity index (χ1) is 12.8. The maximum Gasteiger partial charge on any atom is 0.245 e. The Bertz CT molecular complexity index is 953. The summed E-state index contributed by atoms with van der Waals surface area (Å²) in [6.45, 7) is 0.779. The van der Waals surface area contributed by atoms with Crippen molar-refractivity contribution in [1.29, 1.82) is 0 Å². The molecule has 0 bridgehead atoms. The number of rotatable bonds is 6. The summed E-state index contributed by atoms with van der Waals surface area (Å²) in [6, 6.07) is 14.1. The fourth-order valence-electron chi connectivity index (χ4n) is 2.57. The van der Waals surface area contributed by atoms with Crippen LogP contribution in [0.1, 0.15) is 5.69 Å². The molecule has 26 heavy (non-hydrogen) atoms. The van der Waals surface area contributed by atoms with E-state index in [4.69, 9.17) is 4.98 Å². The Hall–Kier alpha value is -2.64. The van der Waals surface area contributed by atoms with Crippen LogP contribution in [0.5, 0.6) is 0 Å². The van der Waals surface area contributed by atoms with E-state index in [-0.39, 0.29) is 0 Å². The molecule has 0 fully saturated rings. The molecule has 4 aromatic rings. The second-order valence-electron chi connectivity index (χ2n) is 5.76. The smallest absolute Gasteiger partial charge is 0.245 e. The number of hydrogen-bond donors (Lipinski definition) is 0. The summed E-state index contributed by atoms with van der Waals surface area (Å²) < 4.78 is 0. The quantitative estimate of drug-likeness (QED) is 0.497. The van der Waals surface area contributed by atoms with Gasteiger partial charge in [-0.25, -0.2) is 4.98 Å². The number of thiophene rings is 2. The van der Waals surface area contributed by atoms with Gasteiger partial charge >= 0.3 is 0 Å². The van der Waals surface area contributed by atoms with E-state index in [1.807, 2.05) is 53.9 Å². The lowest BCUT2D eigenvalue weighted by Gasteiger charge is -2.17. The molecule has 0 saturated carbocycles. The summed E-state index contributed by atoms with van der Waals surface area (Å²) >= 11 is 3.31. The second-order valence-corrected chi connectivity index (χ2v) is 7.65. The van der Waals surface area contributed by atoms with Gasteiger partial charge in [-0.3, -0.25) is 4.98 Å². The standard InChI is InChI=1S/C19H17N5S2/c1-24(11-9-14-6-2-3-10-20-14)19-21-17(15-7-4-12-25-15)18(22-23-19)16-8-5-13-26-16/h2-8,10,12-13H,9,11H2,1H3. The first kappa shape index (κ1) is 16.8. The topological polar surface area (TPSA) is 54.8 Å². The molecule has 4 heterocycles. The number of aromatic nitrogens is 4. The van der Waals surface area contributed by atoms with Crippen LogP contribution in [0, 0.1) is 0 Å². The first-order valence-electron chi connectivity index (χ1n) is 8.25. The van der Waals surface area contributed by atoms with E-state index >= 15 is 0 Å². The summed E-state index contributed by atoms with van der Waals surface area (Å²) in [5, 5.41) is 13.0. The summed E-state index contributed by atoms with van der Waals surface area (Å²) in [5.41, 5.74) is 2.78. The average molecular weight is 380 g/mol. The SMILES string of the molecule is CN(CCc1ccccn1)c1nnc(-c2cccs2)c(-c2cccs2)n1. The highest BCUT2D eigenvalue weighted by Gasteiger charge is 2.16. The van der Waals surface area contributed by atoms with Gasteiger partial charge in [0.1, 0.15) is 11.4 Å². The molecule has 7 heteroatoms. The Morgan fingerprint density at radius 2 is 1.65 bits per heavy atom. The van der Waals surface area contributed by atoms with Gasteiger partial charge in [-0.05, 0) is 35.0 Å². The Morgan fingerprint density at radius 1 is 0.885 bits per heavy atom. The van der Waals surface area contributed by atoms with Crippen LogP contribution < -0.4 is 4.90 Å². The van der Waals surface area contributed by atoms with Gasteiger partial charge in [0.2, 0.25) is 5.95 Å². The van der Waals surface area contributed by atoms with E-state index in [0.717, 1.165) is 39.8 Å². The number of likely N-dealkylation sites (N-methyl/N-ethyl adjacent to an activating group) is 1. The minimum atomic E-state index is 0.629. The van der Waals surface area contributed by atoms with Crippen LogP contribution in [0.25, 0.3) is 21.1 Å². The van der Waals surface area contributed by atoms with E-state index in [1.165, 1.54) is 0 Å². The molecule has 0 aliphatic rings. The Morgan fingerprint density at radius 3 is 2.31 bits per heavy atom. The molecule has 0 saturated heterocycles. The summed E-state index contributed by atoms with van der Waals surface area (Å²) in [6.07, 6.45) is 2.65. The molecule has 0 radical (unpaired) electrons. The molecule has 130 valence electrons. The molecule has 0 atom stereocenters. The predicted octanol–water partition coefficient (Wildman–Crippen LogP) is 4.40. The molecular weight excluding hydrogens is 362 g/mol. The highest BCUT2D eigenvalue weighted by molar-refractivity contribution is 7.14. The van der Waals surface area contributed by atoms with Gasteiger partial charge in [0.15, 0.2) is 0 Å². The molecule has 0 spiro atoms. The molecule has 5 nitrogen and oxygen atoms in total. The van der Waals surface area contributed by atoms with Crippen molar-refractivity contribution < 1.29 is 0 Å². The van der Waals surface area contributed by atoms with E-state index in [0.29, 0.717) is 5.95 Å². The van der Waals surface area contributed by atoms with Gasteiger partial charge in [-0.1, -0.05) is 18.2 Å². The zero-order valence-corrected chi connectivity index (χ0v) is 15.9. The van der Waals surface area contributed by atoms with Crippen molar-refractivity contribution in [3.05, 3.63) is 65.1 Å². The van der Waals surface area contributed by atoms with Gasteiger partial charge in [0.25, 0.3) is 0 Å². The Balaban J connectivity index is 1.62. The van der Waals surface area contributed by atoms with Gasteiger partial charge < -0.3 is 4.90 Å². The van der Waals surface area contributed by atoms with E-state index < -0.39 is 0 Å². The maximum atomic E-state index is 4.83. The van der Waals surface area contributed by atoms with E-state index in [9.17, 15) is 0 Å². The van der Waals surface area contributed by atoms with Crippen molar-refractivity contribution in [1.82, 2.24) is 20.2 Å². The molecule has 0 aliphatic heterocycles. The number of hydrogen-bond acceptors (Lipinski definition) is 7. The maximum absolute atomic E-state index is 4.83. The minimum absolute atomic E-state index is 0.629. The van der Waals surface area contributed by atoms with Gasteiger partial charge in [-0.2, -0.15) is 0 Å². The zero-order valence-electron chi connectivity index (χ0n) is 14.2. The predicted molar refractivity (Wildman–Crippen MR) is 108 cm³/mol. The van der Waals surface area contributed by atoms with Crippen LogP contribution >= 0.6 is 22.7 Å².